The Labute approximate surface area is 106 Å². The number of hydrogen-bond acceptors (Lipinski definition) is 5. The lowest BCUT2D eigenvalue weighted by atomic mass is 10.2. The van der Waals surface area contributed by atoms with Crippen LogP contribution in [0.1, 0.15) is 23.2 Å². The molecule has 0 aliphatic carbocycles. The number of nitrogens with two attached hydrogens (primary N) is 2. The van der Waals surface area contributed by atoms with Crippen LogP contribution in [-0.4, -0.2) is 42.0 Å². The Morgan fingerprint density at radius 3 is 2.83 bits per heavy atom. The number of amides is 1. The maximum absolute atomic E-state index is 11.1. The highest BCUT2D eigenvalue weighted by Crippen LogP contribution is 2.16. The van der Waals surface area contributed by atoms with Gasteiger partial charge in [0.2, 0.25) is 5.88 Å². The van der Waals surface area contributed by atoms with Gasteiger partial charge in [0.15, 0.2) is 0 Å². The van der Waals surface area contributed by atoms with Crippen molar-refractivity contribution in [3.8, 4) is 5.88 Å². The molecular formula is C12H18N4O2. The van der Waals surface area contributed by atoms with E-state index in [2.05, 4.69) is 9.88 Å². The number of carbonyl (C=O) groups excluding carboxylic acids is 1. The Hall–Kier alpha value is -1.82. The maximum Gasteiger partial charge on any atom is 0.251 e. The van der Waals surface area contributed by atoms with Crippen molar-refractivity contribution >= 4 is 11.6 Å². The molecule has 18 heavy (non-hydrogen) atoms. The van der Waals surface area contributed by atoms with Gasteiger partial charge in [0.1, 0.15) is 6.61 Å². The van der Waals surface area contributed by atoms with Gasteiger partial charge < -0.3 is 16.2 Å². The Bertz CT molecular complexity index is 430. The van der Waals surface area contributed by atoms with Crippen LogP contribution in [0, 0.1) is 0 Å². The van der Waals surface area contributed by atoms with Crippen molar-refractivity contribution in [3.63, 3.8) is 0 Å². The highest BCUT2D eigenvalue weighted by Gasteiger charge is 2.12. The molecule has 0 unspecified atom stereocenters. The molecule has 0 aromatic carbocycles. The summed E-state index contributed by atoms with van der Waals surface area (Å²) in [5, 5.41) is 0. The van der Waals surface area contributed by atoms with E-state index in [4.69, 9.17) is 16.2 Å². The number of likely N-dealkylation sites (tertiary alicyclic amines) is 1. The van der Waals surface area contributed by atoms with E-state index in [1.807, 2.05) is 0 Å². The lowest BCUT2D eigenvalue weighted by Crippen LogP contribution is -2.25. The van der Waals surface area contributed by atoms with Crippen molar-refractivity contribution in [1.29, 1.82) is 0 Å². The zero-order valence-electron chi connectivity index (χ0n) is 10.3. The van der Waals surface area contributed by atoms with E-state index < -0.39 is 5.91 Å². The van der Waals surface area contributed by atoms with Gasteiger partial charge in [-0.3, -0.25) is 9.69 Å². The highest BCUT2D eigenvalue weighted by molar-refractivity contribution is 5.97. The molecule has 1 saturated heterocycles. The Balaban J connectivity index is 1.88. The second kappa shape index (κ2) is 5.68. The number of nitrogen functional groups attached to an aromatic ring is 1. The molecule has 0 bridgehead atoms. The van der Waals surface area contributed by atoms with Crippen molar-refractivity contribution in [2.75, 3.05) is 32.0 Å². The van der Waals surface area contributed by atoms with Crippen LogP contribution in [0.15, 0.2) is 12.3 Å². The number of pyridine rings is 1. The topological polar surface area (TPSA) is 94.5 Å². The molecule has 1 amide bonds. The molecule has 2 rings (SSSR count). The van der Waals surface area contributed by atoms with E-state index in [9.17, 15) is 4.79 Å². The lowest BCUT2D eigenvalue weighted by molar-refractivity contribution is 0.100. The Kier molecular flexibility index (Phi) is 3.99. The summed E-state index contributed by atoms with van der Waals surface area (Å²) in [7, 11) is 0. The highest BCUT2D eigenvalue weighted by atomic mass is 16.5. The SMILES string of the molecule is NC(=O)c1cc(OCCN2CCCC2)ncc1N. The van der Waals surface area contributed by atoms with Gasteiger partial charge in [0, 0.05) is 12.6 Å². The van der Waals surface area contributed by atoms with E-state index in [0.717, 1.165) is 19.6 Å². The van der Waals surface area contributed by atoms with Gasteiger partial charge >= 0.3 is 0 Å². The van der Waals surface area contributed by atoms with Gasteiger partial charge in [-0.05, 0) is 25.9 Å². The molecule has 0 spiro atoms. The minimum atomic E-state index is -0.570. The molecule has 4 N–H and O–H groups in total. The maximum atomic E-state index is 11.1. The van der Waals surface area contributed by atoms with Crippen molar-refractivity contribution in [2.45, 2.75) is 12.8 Å². The summed E-state index contributed by atoms with van der Waals surface area (Å²) in [6, 6.07) is 1.49. The number of primary amides is 1. The third kappa shape index (κ3) is 3.10. The van der Waals surface area contributed by atoms with E-state index in [1.54, 1.807) is 0 Å². The first-order valence-electron chi connectivity index (χ1n) is 6.07. The number of carbonyl (C=O) groups is 1. The molecule has 98 valence electrons. The largest absolute Gasteiger partial charge is 0.476 e. The number of anilines is 1. The van der Waals surface area contributed by atoms with Crippen LogP contribution in [-0.2, 0) is 0 Å². The first-order valence-corrected chi connectivity index (χ1v) is 6.07. The van der Waals surface area contributed by atoms with Gasteiger partial charge in [-0.25, -0.2) is 4.98 Å². The Morgan fingerprint density at radius 2 is 2.17 bits per heavy atom. The van der Waals surface area contributed by atoms with E-state index >= 15 is 0 Å². The van der Waals surface area contributed by atoms with E-state index in [1.165, 1.54) is 25.1 Å². The third-order valence-electron chi connectivity index (χ3n) is 3.03. The molecule has 0 atom stereocenters. The van der Waals surface area contributed by atoms with Crippen LogP contribution in [0.3, 0.4) is 0 Å². The molecule has 0 radical (unpaired) electrons. The van der Waals surface area contributed by atoms with Crippen LogP contribution >= 0.6 is 0 Å². The van der Waals surface area contributed by atoms with Crippen molar-refractivity contribution < 1.29 is 9.53 Å². The van der Waals surface area contributed by atoms with Crippen LogP contribution in [0.25, 0.3) is 0 Å². The second-order valence-electron chi connectivity index (χ2n) is 4.37. The molecule has 1 aliphatic heterocycles. The first-order chi connectivity index (χ1) is 8.66. The predicted molar refractivity (Wildman–Crippen MR) is 68.3 cm³/mol. The summed E-state index contributed by atoms with van der Waals surface area (Å²) < 4.78 is 5.50. The molecule has 0 saturated carbocycles. The second-order valence-corrected chi connectivity index (χ2v) is 4.37. The summed E-state index contributed by atoms with van der Waals surface area (Å²) in [5.41, 5.74) is 11.3. The average molecular weight is 250 g/mol. The Morgan fingerprint density at radius 1 is 1.44 bits per heavy atom. The smallest absolute Gasteiger partial charge is 0.251 e. The fourth-order valence-electron chi connectivity index (χ4n) is 2.02. The number of hydrogen-bond donors (Lipinski definition) is 2. The normalized spacial score (nSPS) is 15.8. The van der Waals surface area contributed by atoms with Gasteiger partial charge in [-0.2, -0.15) is 0 Å². The molecule has 2 heterocycles. The zero-order valence-corrected chi connectivity index (χ0v) is 10.3. The van der Waals surface area contributed by atoms with E-state index in [0.29, 0.717) is 12.5 Å². The number of ether oxygens (including phenoxy) is 1. The fourth-order valence-corrected chi connectivity index (χ4v) is 2.02. The average Bonchev–Trinajstić information content (AvgIpc) is 2.84. The van der Waals surface area contributed by atoms with Gasteiger partial charge in [0.05, 0.1) is 17.4 Å². The molecule has 1 aromatic heterocycles. The van der Waals surface area contributed by atoms with Crippen LogP contribution in [0.2, 0.25) is 0 Å². The van der Waals surface area contributed by atoms with Crippen LogP contribution in [0.4, 0.5) is 5.69 Å². The van der Waals surface area contributed by atoms with Gasteiger partial charge in [-0.15, -0.1) is 0 Å². The molecule has 1 aliphatic rings. The summed E-state index contributed by atoms with van der Waals surface area (Å²) in [5.74, 6) is -0.184. The molecular weight excluding hydrogens is 232 g/mol. The van der Waals surface area contributed by atoms with Crippen molar-refractivity contribution in [3.05, 3.63) is 17.8 Å². The van der Waals surface area contributed by atoms with Gasteiger partial charge in [-0.1, -0.05) is 0 Å². The number of aromatic nitrogens is 1. The quantitative estimate of drug-likeness (QED) is 0.780. The summed E-state index contributed by atoms with van der Waals surface area (Å²) in [6.07, 6.45) is 3.91. The minimum Gasteiger partial charge on any atom is -0.476 e. The summed E-state index contributed by atoms with van der Waals surface area (Å²) in [6.45, 7) is 3.68. The molecule has 1 aromatic rings. The monoisotopic (exact) mass is 250 g/mol. The van der Waals surface area contributed by atoms with Crippen molar-refractivity contribution in [1.82, 2.24) is 9.88 Å². The van der Waals surface area contributed by atoms with E-state index in [-0.39, 0.29) is 11.3 Å². The van der Waals surface area contributed by atoms with Gasteiger partial charge in [0.25, 0.3) is 5.91 Å². The van der Waals surface area contributed by atoms with Crippen LogP contribution in [0.5, 0.6) is 5.88 Å². The first kappa shape index (κ1) is 12.6. The zero-order chi connectivity index (χ0) is 13.0. The number of rotatable bonds is 5. The molecule has 6 nitrogen and oxygen atoms in total. The predicted octanol–water partition coefficient (Wildman–Crippen LogP) is 0.237. The summed E-state index contributed by atoms with van der Waals surface area (Å²) in [4.78, 5) is 17.5. The third-order valence-corrected chi connectivity index (χ3v) is 3.03. The molecule has 6 heteroatoms. The summed E-state index contributed by atoms with van der Waals surface area (Å²) >= 11 is 0. The standard InChI is InChI=1S/C12H18N4O2/c13-10-8-15-11(7-9(10)12(14)17)18-6-5-16-3-1-2-4-16/h7-8H,1-6,13H2,(H2,14,17). The number of nitrogens with zero attached hydrogens (tertiary/aromatic N) is 2. The fraction of sp³-hybridized carbons (Fsp3) is 0.500. The lowest BCUT2D eigenvalue weighted by Gasteiger charge is -2.14. The van der Waals surface area contributed by atoms with Crippen LogP contribution < -0.4 is 16.2 Å². The minimum absolute atomic E-state index is 0.251. The molecule has 1 fully saturated rings. The van der Waals surface area contributed by atoms with Crippen molar-refractivity contribution in [2.24, 2.45) is 5.73 Å².